The van der Waals surface area contributed by atoms with Gasteiger partial charge in [-0.1, -0.05) is 30.0 Å². The topological polar surface area (TPSA) is 35.2 Å². The zero-order valence-corrected chi connectivity index (χ0v) is 12.1. The molecule has 0 saturated carbocycles. The number of ether oxygens (including phenoxy) is 1. The molecule has 0 radical (unpaired) electrons. The van der Waals surface area contributed by atoms with Crippen molar-refractivity contribution >= 4 is 0 Å². The molecular weight excluding hydrogens is 258 g/mol. The monoisotopic (exact) mass is 277 g/mol. The van der Waals surface area contributed by atoms with Crippen LogP contribution in [-0.2, 0) is 19.4 Å². The van der Waals surface area contributed by atoms with Gasteiger partial charge in [0, 0.05) is 5.56 Å². The van der Waals surface area contributed by atoms with Gasteiger partial charge in [0.1, 0.15) is 12.4 Å². The second-order valence-electron chi connectivity index (χ2n) is 5.28. The Morgan fingerprint density at radius 1 is 1.00 bits per heavy atom. The van der Waals surface area contributed by atoms with Crippen LogP contribution in [0.3, 0.4) is 0 Å². The first-order chi connectivity index (χ1) is 10.3. The highest BCUT2D eigenvalue weighted by Crippen LogP contribution is 2.26. The minimum absolute atomic E-state index is 0.392. The maximum Gasteiger partial charge on any atom is 0.120 e. The fourth-order valence-electron chi connectivity index (χ4n) is 2.64. The van der Waals surface area contributed by atoms with Crippen molar-refractivity contribution in [3.05, 3.63) is 64.7 Å². The molecule has 0 amide bonds. The normalized spacial score (nSPS) is 12.4. The van der Waals surface area contributed by atoms with Gasteiger partial charge in [-0.15, -0.1) is 0 Å². The highest BCUT2D eigenvalue weighted by atomic mass is 16.5. The number of hydrogen-bond acceptors (Lipinski definition) is 2. The van der Waals surface area contributed by atoms with Crippen molar-refractivity contribution in [1.29, 1.82) is 0 Å². The molecule has 2 N–H and O–H groups in total. The molecule has 2 aromatic carbocycles. The van der Waals surface area contributed by atoms with Crippen LogP contribution in [0.5, 0.6) is 5.75 Å². The summed E-state index contributed by atoms with van der Waals surface area (Å²) in [6.07, 6.45) is 3.66. The van der Waals surface area contributed by atoms with Crippen LogP contribution in [0.1, 0.15) is 28.7 Å². The molecule has 0 heterocycles. The lowest BCUT2D eigenvalue weighted by atomic mass is 10.1. The van der Waals surface area contributed by atoms with Gasteiger partial charge in [0.25, 0.3) is 0 Å². The Kier molecular flexibility index (Phi) is 4.23. The third-order valence-electron chi connectivity index (χ3n) is 3.76. The molecule has 0 atom stereocenters. The first kappa shape index (κ1) is 13.7. The standard InChI is InChI=1S/C19H19NO/c20-12-2-3-15-6-8-16(9-7-15)14-21-19-11-10-17-4-1-5-18(17)13-19/h6-11,13H,1,4-5,12,14,20H2. The molecule has 0 saturated heterocycles. The Balaban J connectivity index is 1.62. The van der Waals surface area contributed by atoms with E-state index in [1.165, 1.54) is 30.4 Å². The molecule has 0 aromatic heterocycles. The molecular formula is C19H19NO. The van der Waals surface area contributed by atoms with E-state index in [4.69, 9.17) is 10.5 Å². The minimum Gasteiger partial charge on any atom is -0.489 e. The first-order valence-electron chi connectivity index (χ1n) is 7.37. The summed E-state index contributed by atoms with van der Waals surface area (Å²) in [4.78, 5) is 0. The van der Waals surface area contributed by atoms with Crippen LogP contribution in [-0.4, -0.2) is 6.54 Å². The van der Waals surface area contributed by atoms with Gasteiger partial charge in [-0.2, -0.15) is 0 Å². The van der Waals surface area contributed by atoms with Gasteiger partial charge in [0.05, 0.1) is 6.54 Å². The largest absolute Gasteiger partial charge is 0.489 e. The number of aryl methyl sites for hydroxylation is 2. The van der Waals surface area contributed by atoms with Gasteiger partial charge in [-0.05, 0) is 60.2 Å². The highest BCUT2D eigenvalue weighted by molar-refractivity contribution is 5.39. The zero-order chi connectivity index (χ0) is 14.5. The van der Waals surface area contributed by atoms with Gasteiger partial charge in [-0.3, -0.25) is 0 Å². The number of rotatable bonds is 3. The smallest absolute Gasteiger partial charge is 0.120 e. The van der Waals surface area contributed by atoms with Gasteiger partial charge >= 0.3 is 0 Å². The first-order valence-corrected chi connectivity index (χ1v) is 7.37. The summed E-state index contributed by atoms with van der Waals surface area (Å²) in [5.41, 5.74) is 10.4. The van der Waals surface area contributed by atoms with Gasteiger partial charge < -0.3 is 10.5 Å². The summed E-state index contributed by atoms with van der Waals surface area (Å²) >= 11 is 0. The predicted molar refractivity (Wildman–Crippen MR) is 85.2 cm³/mol. The van der Waals surface area contributed by atoms with Crippen molar-refractivity contribution in [2.75, 3.05) is 6.54 Å². The summed E-state index contributed by atoms with van der Waals surface area (Å²) in [7, 11) is 0. The Labute approximate surface area is 125 Å². The molecule has 106 valence electrons. The summed E-state index contributed by atoms with van der Waals surface area (Å²) in [6, 6.07) is 14.6. The second-order valence-corrected chi connectivity index (χ2v) is 5.28. The Morgan fingerprint density at radius 3 is 2.62 bits per heavy atom. The fourth-order valence-corrected chi connectivity index (χ4v) is 2.64. The lowest BCUT2D eigenvalue weighted by Crippen LogP contribution is -1.96. The van der Waals surface area contributed by atoms with Crippen molar-refractivity contribution in [3.63, 3.8) is 0 Å². The van der Waals surface area contributed by atoms with E-state index in [0.717, 1.165) is 16.9 Å². The SMILES string of the molecule is NCC#Cc1ccc(COc2ccc3c(c2)CCC3)cc1. The molecule has 0 unspecified atom stereocenters. The predicted octanol–water partition coefficient (Wildman–Crippen LogP) is 3.06. The molecule has 2 nitrogen and oxygen atoms in total. The van der Waals surface area contributed by atoms with E-state index in [2.05, 4.69) is 30.0 Å². The van der Waals surface area contributed by atoms with E-state index in [1.807, 2.05) is 24.3 Å². The van der Waals surface area contributed by atoms with E-state index in [-0.39, 0.29) is 0 Å². The molecule has 2 heteroatoms. The zero-order valence-electron chi connectivity index (χ0n) is 12.1. The molecule has 0 spiro atoms. The number of hydrogen-bond donors (Lipinski definition) is 1. The maximum atomic E-state index is 5.88. The summed E-state index contributed by atoms with van der Waals surface area (Å²) < 4.78 is 5.88. The molecule has 0 fully saturated rings. The van der Waals surface area contributed by atoms with E-state index >= 15 is 0 Å². The fraction of sp³-hybridized carbons (Fsp3) is 0.263. The van der Waals surface area contributed by atoms with E-state index in [1.54, 1.807) is 0 Å². The van der Waals surface area contributed by atoms with Gasteiger partial charge in [-0.25, -0.2) is 0 Å². The van der Waals surface area contributed by atoms with Crippen LogP contribution in [0.2, 0.25) is 0 Å². The highest BCUT2D eigenvalue weighted by Gasteiger charge is 2.11. The summed E-state index contributed by atoms with van der Waals surface area (Å²) in [5, 5.41) is 0. The van der Waals surface area contributed by atoms with Crippen molar-refractivity contribution in [3.8, 4) is 17.6 Å². The molecule has 0 aliphatic heterocycles. The van der Waals surface area contributed by atoms with E-state index in [9.17, 15) is 0 Å². The third kappa shape index (κ3) is 3.45. The Morgan fingerprint density at radius 2 is 1.81 bits per heavy atom. The molecule has 3 rings (SSSR count). The van der Waals surface area contributed by atoms with Crippen molar-refractivity contribution in [1.82, 2.24) is 0 Å². The van der Waals surface area contributed by atoms with Crippen molar-refractivity contribution < 1.29 is 4.74 Å². The molecule has 0 bridgehead atoms. The molecule has 2 aromatic rings. The third-order valence-corrected chi connectivity index (χ3v) is 3.76. The molecule has 21 heavy (non-hydrogen) atoms. The van der Waals surface area contributed by atoms with Crippen molar-refractivity contribution in [2.24, 2.45) is 5.73 Å². The number of nitrogens with two attached hydrogens (primary N) is 1. The van der Waals surface area contributed by atoms with E-state index in [0.29, 0.717) is 13.2 Å². The minimum atomic E-state index is 0.392. The van der Waals surface area contributed by atoms with Gasteiger partial charge in [0.15, 0.2) is 0 Å². The quantitative estimate of drug-likeness (QED) is 0.875. The number of benzene rings is 2. The lowest BCUT2D eigenvalue weighted by molar-refractivity contribution is 0.306. The molecule has 1 aliphatic rings. The van der Waals surface area contributed by atoms with Crippen LogP contribution < -0.4 is 10.5 Å². The van der Waals surface area contributed by atoms with Crippen LogP contribution in [0.4, 0.5) is 0 Å². The average molecular weight is 277 g/mol. The van der Waals surface area contributed by atoms with E-state index < -0.39 is 0 Å². The van der Waals surface area contributed by atoms with Crippen molar-refractivity contribution in [2.45, 2.75) is 25.9 Å². The number of fused-ring (bicyclic) bond motifs is 1. The summed E-state index contributed by atoms with van der Waals surface area (Å²) in [5.74, 6) is 6.83. The van der Waals surface area contributed by atoms with Crippen LogP contribution >= 0.6 is 0 Å². The second kappa shape index (κ2) is 6.47. The van der Waals surface area contributed by atoms with Gasteiger partial charge in [0.2, 0.25) is 0 Å². The average Bonchev–Trinajstić information content (AvgIpc) is 2.99. The Hall–Kier alpha value is -2.24. The Bertz CT molecular complexity index is 677. The van der Waals surface area contributed by atoms with Crippen LogP contribution in [0.15, 0.2) is 42.5 Å². The van der Waals surface area contributed by atoms with Crippen LogP contribution in [0.25, 0.3) is 0 Å². The lowest BCUT2D eigenvalue weighted by Gasteiger charge is -2.08. The molecule has 1 aliphatic carbocycles. The summed E-state index contributed by atoms with van der Waals surface area (Å²) in [6.45, 7) is 0.979. The van der Waals surface area contributed by atoms with Crippen LogP contribution in [0, 0.1) is 11.8 Å². The maximum absolute atomic E-state index is 5.88.